The van der Waals surface area contributed by atoms with Gasteiger partial charge in [-0.05, 0) is 43.9 Å². The zero-order valence-electron chi connectivity index (χ0n) is 17.6. The highest BCUT2D eigenvalue weighted by Gasteiger charge is 2.24. The van der Waals surface area contributed by atoms with E-state index in [9.17, 15) is 9.18 Å². The summed E-state index contributed by atoms with van der Waals surface area (Å²) in [6.45, 7) is 3.44. The summed E-state index contributed by atoms with van der Waals surface area (Å²) in [5, 5.41) is 7.80. The van der Waals surface area contributed by atoms with E-state index in [1.54, 1.807) is 23.0 Å². The average molecular weight is 444 g/mol. The number of halogens is 1. The second-order valence-corrected chi connectivity index (χ2v) is 8.88. The molecule has 0 aliphatic carbocycles. The number of nitrogen functional groups attached to an aromatic ring is 1. The van der Waals surface area contributed by atoms with Crippen LogP contribution >= 0.6 is 11.3 Å². The standard InChI is InChI=1S/C21H26FN7OS/c1-12-5-6-14(15(22)10-12)20-27-17(18(24)31-20)19(30)26-16-11-25-28(2)21(16)29-8-3-4-13(23)7-9-29/h5-6,10-11,13H,3-4,7-9,23-24H2,1-2H3,(H,26,30). The van der Waals surface area contributed by atoms with Crippen molar-refractivity contribution in [3.8, 4) is 10.6 Å². The van der Waals surface area contributed by atoms with E-state index in [2.05, 4.69) is 20.3 Å². The normalized spacial score (nSPS) is 16.9. The number of carbonyl (C=O) groups excluding carboxylic acids is 1. The van der Waals surface area contributed by atoms with Gasteiger partial charge in [-0.25, -0.2) is 9.37 Å². The van der Waals surface area contributed by atoms with Gasteiger partial charge in [0.05, 0.1) is 6.20 Å². The van der Waals surface area contributed by atoms with E-state index < -0.39 is 11.7 Å². The lowest BCUT2D eigenvalue weighted by Crippen LogP contribution is -2.29. The zero-order chi connectivity index (χ0) is 22.1. The molecule has 0 bridgehead atoms. The Bertz CT molecular complexity index is 1110. The summed E-state index contributed by atoms with van der Waals surface area (Å²) < 4.78 is 16.1. The van der Waals surface area contributed by atoms with Gasteiger partial charge in [-0.1, -0.05) is 17.4 Å². The molecule has 1 saturated heterocycles. The zero-order valence-corrected chi connectivity index (χ0v) is 18.4. The quantitative estimate of drug-likeness (QED) is 0.571. The summed E-state index contributed by atoms with van der Waals surface area (Å²) >= 11 is 1.09. The number of benzene rings is 1. The molecule has 1 atom stereocenters. The summed E-state index contributed by atoms with van der Waals surface area (Å²) in [5.41, 5.74) is 14.0. The Morgan fingerprint density at radius 2 is 2.13 bits per heavy atom. The maximum atomic E-state index is 14.3. The number of anilines is 3. The molecule has 1 fully saturated rings. The van der Waals surface area contributed by atoms with E-state index >= 15 is 0 Å². The molecule has 1 aliphatic rings. The number of hydrogen-bond acceptors (Lipinski definition) is 7. The number of hydrogen-bond donors (Lipinski definition) is 3. The molecule has 2 aromatic heterocycles. The number of amides is 1. The predicted octanol–water partition coefficient (Wildman–Crippen LogP) is 3.14. The molecular weight excluding hydrogens is 417 g/mol. The van der Waals surface area contributed by atoms with E-state index in [1.807, 2.05) is 14.0 Å². The summed E-state index contributed by atoms with van der Waals surface area (Å²) in [6.07, 6.45) is 4.44. The van der Waals surface area contributed by atoms with Crippen molar-refractivity contribution in [1.82, 2.24) is 14.8 Å². The van der Waals surface area contributed by atoms with Crippen molar-refractivity contribution >= 4 is 33.8 Å². The number of nitrogens with zero attached hydrogens (tertiary/aromatic N) is 4. The minimum Gasteiger partial charge on any atom is -0.389 e. The van der Waals surface area contributed by atoms with Crippen LogP contribution in [0.1, 0.15) is 35.3 Å². The third kappa shape index (κ3) is 4.40. The molecule has 0 radical (unpaired) electrons. The Hall–Kier alpha value is -2.98. The molecule has 1 amide bonds. The minimum atomic E-state index is -0.451. The molecular formula is C21H26FN7OS. The SMILES string of the molecule is Cc1ccc(-c2nc(C(=O)Nc3cnn(C)c3N3CCCC(N)CC3)c(N)s2)c(F)c1. The van der Waals surface area contributed by atoms with Crippen molar-refractivity contribution < 1.29 is 9.18 Å². The molecule has 31 heavy (non-hydrogen) atoms. The van der Waals surface area contributed by atoms with Crippen molar-refractivity contribution in [2.45, 2.75) is 32.2 Å². The number of rotatable bonds is 4. The van der Waals surface area contributed by atoms with Crippen LogP contribution in [0.15, 0.2) is 24.4 Å². The summed E-state index contributed by atoms with van der Waals surface area (Å²) in [4.78, 5) is 19.5. The highest BCUT2D eigenvalue weighted by molar-refractivity contribution is 7.19. The topological polar surface area (TPSA) is 115 Å². The Balaban J connectivity index is 1.58. The van der Waals surface area contributed by atoms with Crippen molar-refractivity contribution in [2.75, 3.05) is 29.0 Å². The molecule has 0 spiro atoms. The van der Waals surface area contributed by atoms with Crippen molar-refractivity contribution in [1.29, 1.82) is 0 Å². The first-order chi connectivity index (χ1) is 14.8. The first-order valence-electron chi connectivity index (χ1n) is 10.2. The first kappa shape index (κ1) is 21.3. The number of nitrogens with two attached hydrogens (primary N) is 2. The number of aromatic nitrogens is 3. The first-order valence-corrected chi connectivity index (χ1v) is 11.0. The van der Waals surface area contributed by atoms with E-state index in [1.165, 1.54) is 6.07 Å². The van der Waals surface area contributed by atoms with Crippen LogP contribution in [0, 0.1) is 12.7 Å². The van der Waals surface area contributed by atoms with Crippen LogP contribution in [0.5, 0.6) is 0 Å². The fourth-order valence-electron chi connectivity index (χ4n) is 3.81. The average Bonchev–Trinajstić information content (AvgIpc) is 3.19. The largest absolute Gasteiger partial charge is 0.389 e. The van der Waals surface area contributed by atoms with Crippen LogP contribution in [-0.2, 0) is 7.05 Å². The van der Waals surface area contributed by atoms with E-state index in [-0.39, 0.29) is 16.7 Å². The van der Waals surface area contributed by atoms with Gasteiger partial charge in [-0.15, -0.1) is 0 Å². The number of aryl methyl sites for hydroxylation is 2. The molecule has 0 saturated carbocycles. The van der Waals surface area contributed by atoms with Crippen molar-refractivity contribution in [3.63, 3.8) is 0 Å². The van der Waals surface area contributed by atoms with Crippen molar-refractivity contribution in [3.05, 3.63) is 41.5 Å². The number of thiazole rings is 1. The van der Waals surface area contributed by atoms with Crippen LogP contribution in [0.3, 0.4) is 0 Å². The maximum Gasteiger partial charge on any atom is 0.277 e. The van der Waals surface area contributed by atoms with Crippen LogP contribution in [0.25, 0.3) is 10.6 Å². The second-order valence-electron chi connectivity index (χ2n) is 7.85. The van der Waals surface area contributed by atoms with Gasteiger partial charge in [-0.2, -0.15) is 5.10 Å². The summed E-state index contributed by atoms with van der Waals surface area (Å²) in [5.74, 6) is -0.0241. The molecule has 4 rings (SSSR count). The predicted molar refractivity (Wildman–Crippen MR) is 122 cm³/mol. The molecule has 1 aliphatic heterocycles. The maximum absolute atomic E-state index is 14.3. The number of nitrogens with one attached hydrogen (secondary N) is 1. The van der Waals surface area contributed by atoms with Crippen LogP contribution in [0.2, 0.25) is 0 Å². The van der Waals surface area contributed by atoms with Gasteiger partial charge in [0.2, 0.25) is 0 Å². The highest BCUT2D eigenvalue weighted by atomic mass is 32.1. The van der Waals surface area contributed by atoms with Gasteiger partial charge in [0.1, 0.15) is 21.5 Å². The summed E-state index contributed by atoms with van der Waals surface area (Å²) in [6, 6.07) is 5.06. The lowest BCUT2D eigenvalue weighted by atomic mass is 10.1. The molecule has 3 heterocycles. The van der Waals surface area contributed by atoms with Crippen LogP contribution < -0.4 is 21.7 Å². The Morgan fingerprint density at radius 1 is 1.32 bits per heavy atom. The third-order valence-corrected chi connectivity index (χ3v) is 6.37. The molecule has 3 aromatic rings. The molecule has 1 unspecified atom stereocenters. The van der Waals surface area contributed by atoms with E-state index in [0.717, 1.165) is 55.1 Å². The lowest BCUT2D eigenvalue weighted by Gasteiger charge is -2.24. The van der Waals surface area contributed by atoms with E-state index in [4.69, 9.17) is 11.5 Å². The van der Waals surface area contributed by atoms with Crippen LogP contribution in [-0.4, -0.2) is 39.8 Å². The Morgan fingerprint density at radius 3 is 2.90 bits per heavy atom. The molecule has 1 aromatic carbocycles. The Kier molecular flexibility index (Phi) is 5.92. The smallest absolute Gasteiger partial charge is 0.277 e. The molecule has 10 heteroatoms. The Labute approximate surface area is 184 Å². The molecule has 164 valence electrons. The number of carbonyl (C=O) groups is 1. The van der Waals surface area contributed by atoms with Gasteiger partial charge in [0, 0.05) is 31.7 Å². The molecule has 5 N–H and O–H groups in total. The lowest BCUT2D eigenvalue weighted by molar-refractivity contribution is 0.102. The third-order valence-electron chi connectivity index (χ3n) is 5.45. The van der Waals surface area contributed by atoms with Crippen LogP contribution in [0.4, 0.5) is 20.9 Å². The highest BCUT2D eigenvalue weighted by Crippen LogP contribution is 2.33. The fraction of sp³-hybridized carbons (Fsp3) is 0.381. The second kappa shape index (κ2) is 8.64. The van der Waals surface area contributed by atoms with Gasteiger partial charge >= 0.3 is 0 Å². The van der Waals surface area contributed by atoms with Crippen molar-refractivity contribution in [2.24, 2.45) is 12.8 Å². The van der Waals surface area contributed by atoms with Gasteiger partial charge in [0.15, 0.2) is 11.5 Å². The minimum absolute atomic E-state index is 0.0765. The molecule has 8 nitrogen and oxygen atoms in total. The van der Waals surface area contributed by atoms with E-state index in [0.29, 0.717) is 16.3 Å². The summed E-state index contributed by atoms with van der Waals surface area (Å²) in [7, 11) is 1.84. The van der Waals surface area contributed by atoms with Gasteiger partial charge in [0.25, 0.3) is 5.91 Å². The van der Waals surface area contributed by atoms with Gasteiger partial charge < -0.3 is 21.7 Å². The monoisotopic (exact) mass is 443 g/mol. The fourth-order valence-corrected chi connectivity index (χ4v) is 4.67. The van der Waals surface area contributed by atoms with Gasteiger partial charge in [-0.3, -0.25) is 9.48 Å².